The van der Waals surface area contributed by atoms with Gasteiger partial charge in [-0.15, -0.1) is 0 Å². The number of hydrogen-bond donors (Lipinski definition) is 2. The number of carbonyl (C=O) groups excluding carboxylic acids is 2. The van der Waals surface area contributed by atoms with Crippen molar-refractivity contribution in [1.82, 2.24) is 4.98 Å². The van der Waals surface area contributed by atoms with E-state index in [4.69, 9.17) is 21.1 Å². The van der Waals surface area contributed by atoms with Crippen molar-refractivity contribution in [2.24, 2.45) is 0 Å². The summed E-state index contributed by atoms with van der Waals surface area (Å²) in [4.78, 5) is 28.0. The van der Waals surface area contributed by atoms with E-state index in [0.717, 1.165) is 0 Å². The number of fused-ring (bicyclic) bond motifs is 1. The Bertz CT molecular complexity index is 1260. The van der Waals surface area contributed by atoms with Crippen molar-refractivity contribution in [3.63, 3.8) is 0 Å². The van der Waals surface area contributed by atoms with Gasteiger partial charge in [0.1, 0.15) is 36.3 Å². The van der Waals surface area contributed by atoms with Crippen molar-refractivity contribution in [3.8, 4) is 17.2 Å². The quantitative estimate of drug-likeness (QED) is 0.508. The number of nitrogens with zero attached hydrogens (tertiary/aromatic N) is 1. The summed E-state index contributed by atoms with van der Waals surface area (Å²) in [7, 11) is 0. The third-order valence-electron chi connectivity index (χ3n) is 4.70. The van der Waals surface area contributed by atoms with Gasteiger partial charge in [0.15, 0.2) is 0 Å². The Morgan fingerprint density at radius 1 is 1.12 bits per heavy atom. The topological polar surface area (TPSA) is 89.5 Å². The Morgan fingerprint density at radius 3 is 2.73 bits per heavy atom. The lowest BCUT2D eigenvalue weighted by atomic mass is 10.1. The van der Waals surface area contributed by atoms with Crippen LogP contribution in [0.5, 0.6) is 17.2 Å². The fourth-order valence-electron chi connectivity index (χ4n) is 3.18. The molecule has 0 fully saturated rings. The molecule has 4 rings (SSSR count). The molecule has 0 spiro atoms. The van der Waals surface area contributed by atoms with Crippen molar-refractivity contribution >= 4 is 41.0 Å². The van der Waals surface area contributed by atoms with Gasteiger partial charge < -0.3 is 20.1 Å². The average molecular weight is 468 g/mol. The van der Waals surface area contributed by atoms with Crippen LogP contribution in [0.1, 0.15) is 18.1 Å². The predicted octanol–water partition coefficient (Wildman–Crippen LogP) is 5.37. The molecule has 2 aromatic carbocycles. The van der Waals surface area contributed by atoms with Gasteiger partial charge in [0.2, 0.25) is 5.91 Å². The van der Waals surface area contributed by atoms with Gasteiger partial charge in [-0.25, -0.2) is 9.37 Å². The zero-order valence-corrected chi connectivity index (χ0v) is 18.3. The minimum Gasteiger partial charge on any atom is -0.488 e. The van der Waals surface area contributed by atoms with E-state index < -0.39 is 6.67 Å². The number of anilines is 2. The number of halogens is 2. The van der Waals surface area contributed by atoms with E-state index in [9.17, 15) is 14.0 Å². The van der Waals surface area contributed by atoms with Gasteiger partial charge in [-0.3, -0.25) is 9.59 Å². The molecule has 0 saturated carbocycles. The summed E-state index contributed by atoms with van der Waals surface area (Å²) < 4.78 is 24.6. The first kappa shape index (κ1) is 22.3. The van der Waals surface area contributed by atoms with E-state index in [0.29, 0.717) is 50.5 Å². The number of alkyl halides is 1. The van der Waals surface area contributed by atoms with Gasteiger partial charge in [-0.1, -0.05) is 11.6 Å². The van der Waals surface area contributed by atoms with E-state index >= 15 is 0 Å². The van der Waals surface area contributed by atoms with Gasteiger partial charge in [0.05, 0.1) is 5.57 Å². The lowest BCUT2D eigenvalue weighted by Crippen LogP contribution is -2.21. The Labute approximate surface area is 194 Å². The molecule has 2 heterocycles. The van der Waals surface area contributed by atoms with Crippen molar-refractivity contribution < 1.29 is 23.5 Å². The number of hydrogen-bond acceptors (Lipinski definition) is 5. The minimum atomic E-state index is -0.728. The molecule has 1 aromatic heterocycles. The number of amides is 2. The molecule has 7 nitrogen and oxygen atoms in total. The average Bonchev–Trinajstić information content (AvgIpc) is 2.79. The van der Waals surface area contributed by atoms with E-state index in [1.54, 1.807) is 42.5 Å². The van der Waals surface area contributed by atoms with Crippen LogP contribution in [-0.4, -0.2) is 23.4 Å². The number of benzene rings is 2. The summed E-state index contributed by atoms with van der Waals surface area (Å²) in [6.07, 6.45) is 3.23. The van der Waals surface area contributed by atoms with E-state index in [-0.39, 0.29) is 18.4 Å². The number of rotatable bonds is 6. The lowest BCUT2D eigenvalue weighted by molar-refractivity contribution is -0.114. The van der Waals surface area contributed by atoms with E-state index in [2.05, 4.69) is 15.6 Å². The summed E-state index contributed by atoms with van der Waals surface area (Å²) in [5, 5.41) is 5.63. The standard InChI is InChI=1S/C24H19ClFN3O4/c1-14(30)28-23-11-20(6-7-27-23)33-19-3-5-22-15(10-19)8-17(13-32-22)24(31)29-18-2-4-21(25)16(9-18)12-26/h2-11H,12-13H2,1H3,(H,29,31)(H,27,28,30). The number of pyridine rings is 1. The molecule has 2 N–H and O–H groups in total. The molecular weight excluding hydrogens is 449 g/mol. The maximum atomic E-state index is 13.0. The molecule has 0 aliphatic carbocycles. The van der Waals surface area contributed by atoms with E-state index in [1.807, 2.05) is 0 Å². The minimum absolute atomic E-state index is 0.0903. The first-order chi connectivity index (χ1) is 15.9. The van der Waals surface area contributed by atoms with Crippen LogP contribution in [0, 0.1) is 0 Å². The number of nitrogens with one attached hydrogen (secondary N) is 2. The second-order valence-corrected chi connectivity index (χ2v) is 7.62. The number of carbonyl (C=O) groups is 2. The first-order valence-corrected chi connectivity index (χ1v) is 10.3. The maximum Gasteiger partial charge on any atom is 0.255 e. The Kier molecular flexibility index (Phi) is 6.55. The van der Waals surface area contributed by atoms with Gasteiger partial charge in [-0.2, -0.15) is 0 Å². The Balaban J connectivity index is 1.51. The lowest BCUT2D eigenvalue weighted by Gasteiger charge is -2.19. The normalized spacial score (nSPS) is 12.2. The van der Waals surface area contributed by atoms with Crippen LogP contribution in [0.4, 0.5) is 15.9 Å². The Hall–Kier alpha value is -3.91. The molecule has 168 valence electrons. The van der Waals surface area contributed by atoms with Crippen molar-refractivity contribution in [2.45, 2.75) is 13.6 Å². The fourth-order valence-corrected chi connectivity index (χ4v) is 3.34. The third kappa shape index (κ3) is 5.48. The highest BCUT2D eigenvalue weighted by molar-refractivity contribution is 6.31. The molecule has 1 aliphatic heterocycles. The zero-order chi connectivity index (χ0) is 23.4. The van der Waals surface area contributed by atoms with Crippen molar-refractivity contribution in [1.29, 1.82) is 0 Å². The van der Waals surface area contributed by atoms with Crippen molar-refractivity contribution in [3.05, 3.63) is 76.5 Å². The molecule has 3 aromatic rings. The molecule has 1 aliphatic rings. The molecule has 0 unspecified atom stereocenters. The van der Waals surface area contributed by atoms with Crippen LogP contribution < -0.4 is 20.1 Å². The second kappa shape index (κ2) is 9.70. The van der Waals surface area contributed by atoms with Crippen LogP contribution in [0.3, 0.4) is 0 Å². The van der Waals surface area contributed by atoms with Crippen LogP contribution in [-0.2, 0) is 16.3 Å². The van der Waals surface area contributed by atoms with Crippen LogP contribution >= 0.6 is 11.6 Å². The molecular formula is C24H19ClFN3O4. The maximum absolute atomic E-state index is 13.0. The number of ether oxygens (including phenoxy) is 2. The summed E-state index contributed by atoms with van der Waals surface area (Å²) in [5.41, 5.74) is 1.80. The summed E-state index contributed by atoms with van der Waals surface area (Å²) in [5.74, 6) is 1.38. The monoisotopic (exact) mass is 467 g/mol. The first-order valence-electron chi connectivity index (χ1n) is 9.96. The highest BCUT2D eigenvalue weighted by Gasteiger charge is 2.18. The molecule has 9 heteroatoms. The number of aromatic nitrogens is 1. The summed E-state index contributed by atoms with van der Waals surface area (Å²) in [6, 6.07) is 13.1. The Morgan fingerprint density at radius 2 is 1.94 bits per heavy atom. The van der Waals surface area contributed by atoms with Gasteiger partial charge in [0.25, 0.3) is 5.91 Å². The fraction of sp³-hybridized carbons (Fsp3) is 0.125. The molecule has 0 radical (unpaired) electrons. The SMILES string of the molecule is CC(=O)Nc1cc(Oc2ccc3c(c2)C=C(C(=O)Nc2ccc(Cl)c(CF)c2)CO3)ccn1. The summed E-state index contributed by atoms with van der Waals surface area (Å²) in [6.45, 7) is 0.757. The smallest absolute Gasteiger partial charge is 0.255 e. The van der Waals surface area contributed by atoms with Gasteiger partial charge >= 0.3 is 0 Å². The largest absolute Gasteiger partial charge is 0.488 e. The highest BCUT2D eigenvalue weighted by atomic mass is 35.5. The summed E-state index contributed by atoms with van der Waals surface area (Å²) >= 11 is 5.92. The predicted molar refractivity (Wildman–Crippen MR) is 123 cm³/mol. The van der Waals surface area contributed by atoms with Crippen LogP contribution in [0.15, 0.2) is 60.3 Å². The van der Waals surface area contributed by atoms with Crippen LogP contribution in [0.25, 0.3) is 6.08 Å². The van der Waals surface area contributed by atoms with Crippen LogP contribution in [0.2, 0.25) is 5.02 Å². The zero-order valence-electron chi connectivity index (χ0n) is 17.5. The molecule has 0 bridgehead atoms. The third-order valence-corrected chi connectivity index (χ3v) is 5.07. The van der Waals surface area contributed by atoms with E-state index in [1.165, 1.54) is 25.3 Å². The molecule has 33 heavy (non-hydrogen) atoms. The second-order valence-electron chi connectivity index (χ2n) is 7.21. The van der Waals surface area contributed by atoms with Gasteiger partial charge in [-0.05, 0) is 48.5 Å². The molecule has 0 atom stereocenters. The van der Waals surface area contributed by atoms with Gasteiger partial charge in [0, 0.05) is 41.0 Å². The highest BCUT2D eigenvalue weighted by Crippen LogP contribution is 2.33. The molecule has 2 amide bonds. The molecule has 0 saturated heterocycles. The van der Waals surface area contributed by atoms with Crippen molar-refractivity contribution in [2.75, 3.05) is 17.2 Å².